The normalized spacial score (nSPS) is 10.5. The summed E-state index contributed by atoms with van der Waals surface area (Å²) in [7, 11) is 0. The Labute approximate surface area is 136 Å². The van der Waals surface area contributed by atoms with Crippen molar-refractivity contribution in [3.8, 4) is 34.6 Å². The van der Waals surface area contributed by atoms with Crippen LogP contribution >= 0.6 is 0 Å². The van der Waals surface area contributed by atoms with Crippen molar-refractivity contribution in [1.82, 2.24) is 44.9 Å². The smallest absolute Gasteiger partial charge is 0.184 e. The van der Waals surface area contributed by atoms with Crippen LogP contribution in [0.5, 0.6) is 0 Å². The Morgan fingerprint density at radius 3 is 1.00 bits per heavy atom. The molecule has 0 unspecified atom stereocenters. The largest absolute Gasteiger partial charge is 0.261 e. The number of hydrogen-bond donors (Lipinski definition) is 0. The summed E-state index contributed by atoms with van der Waals surface area (Å²) in [6.07, 6.45) is 14.2. The van der Waals surface area contributed by atoms with Gasteiger partial charge in [-0.15, -0.1) is 0 Å². The van der Waals surface area contributed by atoms with Crippen LogP contribution in [0.3, 0.4) is 0 Å². The number of aromatic nitrogens is 9. The van der Waals surface area contributed by atoms with Gasteiger partial charge in [-0.3, -0.25) is 15.0 Å². The third kappa shape index (κ3) is 2.77. The molecule has 0 N–H and O–H groups in total. The molecule has 0 aliphatic rings. The minimum atomic E-state index is 0.374. The summed E-state index contributed by atoms with van der Waals surface area (Å²) in [5.74, 6) is 1.12. The standard InChI is InChI=1S/C15H9N9/c1-4-19-10(7-16-1)13-22-14(11-8-17-2-5-20-11)24-15(23-13)12-9-18-3-6-21-12/h1-9H. The maximum atomic E-state index is 4.42. The first-order valence-corrected chi connectivity index (χ1v) is 6.95. The second-order valence-electron chi connectivity index (χ2n) is 4.58. The Morgan fingerprint density at radius 2 is 0.750 bits per heavy atom. The Hall–Kier alpha value is -3.75. The van der Waals surface area contributed by atoms with Crippen LogP contribution in [0.25, 0.3) is 34.6 Å². The van der Waals surface area contributed by atoms with E-state index in [1.807, 2.05) is 0 Å². The van der Waals surface area contributed by atoms with Gasteiger partial charge in [-0.1, -0.05) is 0 Å². The van der Waals surface area contributed by atoms with Crippen molar-refractivity contribution in [3.05, 3.63) is 55.8 Å². The topological polar surface area (TPSA) is 116 Å². The van der Waals surface area contributed by atoms with Gasteiger partial charge < -0.3 is 0 Å². The van der Waals surface area contributed by atoms with Gasteiger partial charge in [-0.2, -0.15) is 0 Å². The van der Waals surface area contributed by atoms with Crippen LogP contribution < -0.4 is 0 Å². The summed E-state index contributed by atoms with van der Waals surface area (Å²) in [4.78, 5) is 38.1. The molecular weight excluding hydrogens is 306 g/mol. The molecule has 0 amide bonds. The average molecular weight is 315 g/mol. The zero-order valence-corrected chi connectivity index (χ0v) is 12.2. The third-order valence-electron chi connectivity index (χ3n) is 3.01. The Balaban J connectivity index is 1.92. The van der Waals surface area contributed by atoms with Crippen molar-refractivity contribution >= 4 is 0 Å². The second-order valence-corrected chi connectivity index (χ2v) is 4.58. The fourth-order valence-corrected chi connectivity index (χ4v) is 1.96. The molecule has 0 aliphatic carbocycles. The maximum Gasteiger partial charge on any atom is 0.184 e. The molecule has 24 heavy (non-hydrogen) atoms. The van der Waals surface area contributed by atoms with Gasteiger partial charge >= 0.3 is 0 Å². The average Bonchev–Trinajstić information content (AvgIpc) is 2.70. The molecule has 0 spiro atoms. The van der Waals surface area contributed by atoms with E-state index >= 15 is 0 Å². The van der Waals surface area contributed by atoms with Crippen molar-refractivity contribution in [2.24, 2.45) is 0 Å². The van der Waals surface area contributed by atoms with E-state index in [4.69, 9.17) is 0 Å². The molecule has 4 heterocycles. The first kappa shape index (κ1) is 13.9. The number of nitrogens with zero attached hydrogens (tertiary/aromatic N) is 9. The molecule has 0 bridgehead atoms. The summed E-state index contributed by atoms with van der Waals surface area (Å²) >= 11 is 0. The van der Waals surface area contributed by atoms with Gasteiger partial charge in [0.05, 0.1) is 18.6 Å². The molecule has 0 radical (unpaired) electrons. The SMILES string of the molecule is c1cnc(-c2nc(-c3cnccn3)nc(-c3cnccn3)n2)cn1. The molecule has 0 saturated heterocycles. The van der Waals surface area contributed by atoms with Gasteiger partial charge in [0.2, 0.25) is 0 Å². The quantitative estimate of drug-likeness (QED) is 0.550. The van der Waals surface area contributed by atoms with E-state index in [0.29, 0.717) is 34.6 Å². The van der Waals surface area contributed by atoms with Crippen molar-refractivity contribution in [1.29, 1.82) is 0 Å². The summed E-state index contributed by atoms with van der Waals surface area (Å²) < 4.78 is 0. The van der Waals surface area contributed by atoms with Crippen LogP contribution in [0.4, 0.5) is 0 Å². The van der Waals surface area contributed by atoms with Gasteiger partial charge in [0.15, 0.2) is 17.5 Å². The van der Waals surface area contributed by atoms with Crippen LogP contribution in [0, 0.1) is 0 Å². The fourth-order valence-electron chi connectivity index (χ4n) is 1.96. The molecule has 4 aromatic rings. The van der Waals surface area contributed by atoms with Crippen molar-refractivity contribution in [2.45, 2.75) is 0 Å². The summed E-state index contributed by atoms with van der Waals surface area (Å²) in [6.45, 7) is 0. The van der Waals surface area contributed by atoms with Crippen LogP contribution in [0.1, 0.15) is 0 Å². The highest BCUT2D eigenvalue weighted by atomic mass is 15.1. The van der Waals surface area contributed by atoms with E-state index in [1.165, 1.54) is 0 Å². The molecule has 9 nitrogen and oxygen atoms in total. The summed E-state index contributed by atoms with van der Waals surface area (Å²) in [6, 6.07) is 0. The lowest BCUT2D eigenvalue weighted by Crippen LogP contribution is -2.03. The maximum absolute atomic E-state index is 4.42. The van der Waals surface area contributed by atoms with E-state index in [9.17, 15) is 0 Å². The monoisotopic (exact) mass is 315 g/mol. The first-order chi connectivity index (χ1) is 11.9. The zero-order chi connectivity index (χ0) is 16.2. The zero-order valence-electron chi connectivity index (χ0n) is 12.2. The lowest BCUT2D eigenvalue weighted by molar-refractivity contribution is 1.02. The van der Waals surface area contributed by atoms with E-state index in [0.717, 1.165) is 0 Å². The molecule has 0 aliphatic heterocycles. The van der Waals surface area contributed by atoms with Gasteiger partial charge in [-0.25, -0.2) is 29.9 Å². The molecule has 0 aromatic carbocycles. The van der Waals surface area contributed by atoms with Crippen LogP contribution in [-0.4, -0.2) is 44.9 Å². The highest BCUT2D eigenvalue weighted by Gasteiger charge is 2.14. The fraction of sp³-hybridized carbons (Fsp3) is 0. The lowest BCUT2D eigenvalue weighted by Gasteiger charge is -2.05. The van der Waals surface area contributed by atoms with Crippen LogP contribution in [0.15, 0.2) is 55.8 Å². The summed E-state index contributed by atoms with van der Waals surface area (Å²) in [5.41, 5.74) is 1.57. The Kier molecular flexibility index (Phi) is 3.57. The van der Waals surface area contributed by atoms with Crippen LogP contribution in [0.2, 0.25) is 0 Å². The highest BCUT2D eigenvalue weighted by Crippen LogP contribution is 2.20. The predicted molar refractivity (Wildman–Crippen MR) is 82.9 cm³/mol. The van der Waals surface area contributed by atoms with E-state index in [2.05, 4.69) is 44.9 Å². The van der Waals surface area contributed by atoms with E-state index in [1.54, 1.807) is 55.8 Å². The van der Waals surface area contributed by atoms with Gasteiger partial charge in [0, 0.05) is 37.2 Å². The Bertz CT molecular complexity index is 807. The van der Waals surface area contributed by atoms with Crippen molar-refractivity contribution in [2.75, 3.05) is 0 Å². The highest BCUT2D eigenvalue weighted by molar-refractivity contribution is 5.60. The molecule has 9 heteroatoms. The molecule has 4 rings (SSSR count). The van der Waals surface area contributed by atoms with Gasteiger partial charge in [0.25, 0.3) is 0 Å². The minimum absolute atomic E-state index is 0.374. The first-order valence-electron chi connectivity index (χ1n) is 6.95. The molecule has 114 valence electrons. The molecule has 0 fully saturated rings. The minimum Gasteiger partial charge on any atom is -0.261 e. The van der Waals surface area contributed by atoms with E-state index < -0.39 is 0 Å². The number of rotatable bonds is 3. The van der Waals surface area contributed by atoms with Crippen LogP contribution in [-0.2, 0) is 0 Å². The van der Waals surface area contributed by atoms with E-state index in [-0.39, 0.29) is 0 Å². The predicted octanol–water partition coefficient (Wildman–Crippen LogP) is 1.24. The van der Waals surface area contributed by atoms with Crippen molar-refractivity contribution < 1.29 is 0 Å². The Morgan fingerprint density at radius 1 is 0.417 bits per heavy atom. The second kappa shape index (κ2) is 6.16. The molecule has 4 aromatic heterocycles. The van der Waals surface area contributed by atoms with Crippen molar-refractivity contribution in [3.63, 3.8) is 0 Å². The van der Waals surface area contributed by atoms with Gasteiger partial charge in [-0.05, 0) is 0 Å². The van der Waals surface area contributed by atoms with Gasteiger partial charge in [0.1, 0.15) is 17.1 Å². The lowest BCUT2D eigenvalue weighted by atomic mass is 10.3. The summed E-state index contributed by atoms with van der Waals surface area (Å²) in [5, 5.41) is 0. The molecule has 0 atom stereocenters. The molecular formula is C15H9N9. The molecule has 0 saturated carbocycles. The number of hydrogen-bond acceptors (Lipinski definition) is 9. The third-order valence-corrected chi connectivity index (χ3v) is 3.01.